The molecule has 0 amide bonds. The summed E-state index contributed by atoms with van der Waals surface area (Å²) in [6, 6.07) is 8.41. The van der Waals surface area contributed by atoms with Crippen LogP contribution in [0.15, 0.2) is 36.4 Å². The maximum atomic E-state index is 14.0. The molecule has 1 N–H and O–H groups in total. The number of methoxy groups -OCH3 is 1. The van der Waals surface area contributed by atoms with E-state index in [4.69, 9.17) is 16.3 Å². The van der Waals surface area contributed by atoms with Gasteiger partial charge < -0.3 is 10.1 Å². The molecule has 0 bridgehead atoms. The van der Waals surface area contributed by atoms with Crippen LogP contribution in [0.1, 0.15) is 24.1 Å². The molecule has 0 saturated carbocycles. The highest BCUT2D eigenvalue weighted by atomic mass is 35.5. The van der Waals surface area contributed by atoms with Crippen molar-refractivity contribution in [2.24, 2.45) is 0 Å². The van der Waals surface area contributed by atoms with Crippen LogP contribution >= 0.6 is 11.6 Å². The summed E-state index contributed by atoms with van der Waals surface area (Å²) in [6.45, 7) is 2.55. The number of halogens is 3. The summed E-state index contributed by atoms with van der Waals surface area (Å²) < 4.78 is 32.3. The fraction of sp³-hybridized carbons (Fsp3) is 0.250. The van der Waals surface area contributed by atoms with Crippen LogP contribution in [0.2, 0.25) is 5.02 Å². The van der Waals surface area contributed by atoms with E-state index in [2.05, 4.69) is 5.32 Å². The third kappa shape index (κ3) is 3.52. The molecule has 1 unspecified atom stereocenters. The highest BCUT2D eigenvalue weighted by Crippen LogP contribution is 2.31. The molecule has 0 spiro atoms. The third-order valence-electron chi connectivity index (χ3n) is 3.19. The molecule has 0 aromatic heterocycles. The highest BCUT2D eigenvalue weighted by Gasteiger charge is 2.18. The van der Waals surface area contributed by atoms with Crippen LogP contribution in [-0.4, -0.2) is 13.7 Å². The zero-order chi connectivity index (χ0) is 15.4. The van der Waals surface area contributed by atoms with Gasteiger partial charge in [-0.15, -0.1) is 0 Å². The van der Waals surface area contributed by atoms with Gasteiger partial charge in [-0.3, -0.25) is 0 Å². The Morgan fingerprint density at radius 3 is 2.57 bits per heavy atom. The lowest BCUT2D eigenvalue weighted by Gasteiger charge is -2.20. The number of ether oxygens (including phenoxy) is 1. The first-order valence-corrected chi connectivity index (χ1v) is 6.96. The zero-order valence-corrected chi connectivity index (χ0v) is 12.5. The minimum absolute atomic E-state index is 0.377. The van der Waals surface area contributed by atoms with Crippen molar-refractivity contribution in [1.82, 2.24) is 5.32 Å². The van der Waals surface area contributed by atoms with E-state index in [1.54, 1.807) is 18.2 Å². The smallest absolute Gasteiger partial charge is 0.137 e. The topological polar surface area (TPSA) is 21.3 Å². The molecule has 2 aromatic rings. The van der Waals surface area contributed by atoms with E-state index in [9.17, 15) is 8.78 Å². The first kappa shape index (κ1) is 15.7. The molecule has 0 aliphatic heterocycles. The Hall–Kier alpha value is -1.65. The standard InChI is InChI=1S/C16H16ClF2NO/c1-3-20-16(12-6-5-11(18)9-14(12)19)10-4-7-13(17)15(8-10)21-2/h4-9,16,20H,3H2,1-2H3. The molecular formula is C16H16ClF2NO. The summed E-state index contributed by atoms with van der Waals surface area (Å²) in [5.41, 5.74) is 1.17. The van der Waals surface area contributed by atoms with Crippen LogP contribution < -0.4 is 10.1 Å². The molecule has 112 valence electrons. The Kier molecular flexibility index (Phi) is 5.15. The van der Waals surface area contributed by atoms with Crippen LogP contribution in [0.25, 0.3) is 0 Å². The maximum Gasteiger partial charge on any atom is 0.137 e. The van der Waals surface area contributed by atoms with Crippen molar-refractivity contribution in [1.29, 1.82) is 0 Å². The Morgan fingerprint density at radius 1 is 1.19 bits per heavy atom. The van der Waals surface area contributed by atoms with Crippen LogP contribution in [0, 0.1) is 11.6 Å². The molecule has 0 heterocycles. The van der Waals surface area contributed by atoms with Gasteiger partial charge in [0.15, 0.2) is 0 Å². The van der Waals surface area contributed by atoms with Crippen molar-refractivity contribution in [2.75, 3.05) is 13.7 Å². The number of hydrogen-bond donors (Lipinski definition) is 1. The van der Waals surface area contributed by atoms with E-state index in [1.807, 2.05) is 6.92 Å². The molecule has 0 saturated heterocycles. The van der Waals surface area contributed by atoms with Crippen LogP contribution in [0.5, 0.6) is 5.75 Å². The predicted molar refractivity (Wildman–Crippen MR) is 79.9 cm³/mol. The average molecular weight is 312 g/mol. The summed E-state index contributed by atoms with van der Waals surface area (Å²) in [5.74, 6) is -0.672. The maximum absolute atomic E-state index is 14.0. The fourth-order valence-electron chi connectivity index (χ4n) is 2.20. The van der Waals surface area contributed by atoms with Gasteiger partial charge in [-0.1, -0.05) is 30.7 Å². The largest absolute Gasteiger partial charge is 0.495 e. The van der Waals surface area contributed by atoms with Gasteiger partial charge in [0.05, 0.1) is 18.2 Å². The van der Waals surface area contributed by atoms with Gasteiger partial charge in [0, 0.05) is 11.6 Å². The number of rotatable bonds is 5. The van der Waals surface area contributed by atoms with Crippen molar-refractivity contribution in [3.63, 3.8) is 0 Å². The van der Waals surface area contributed by atoms with Gasteiger partial charge in [-0.2, -0.15) is 0 Å². The molecule has 0 aliphatic rings. The Morgan fingerprint density at radius 2 is 1.95 bits per heavy atom. The van der Waals surface area contributed by atoms with E-state index in [-0.39, 0.29) is 0 Å². The number of nitrogens with one attached hydrogen (secondary N) is 1. The van der Waals surface area contributed by atoms with E-state index in [1.165, 1.54) is 19.2 Å². The highest BCUT2D eigenvalue weighted by molar-refractivity contribution is 6.32. The van der Waals surface area contributed by atoms with E-state index >= 15 is 0 Å². The van der Waals surface area contributed by atoms with Crippen LogP contribution in [0.4, 0.5) is 8.78 Å². The second-order valence-electron chi connectivity index (χ2n) is 4.55. The van der Waals surface area contributed by atoms with Crippen molar-refractivity contribution in [3.8, 4) is 5.75 Å². The lowest BCUT2D eigenvalue weighted by Crippen LogP contribution is -2.23. The van der Waals surface area contributed by atoms with E-state index in [0.717, 1.165) is 11.6 Å². The first-order chi connectivity index (χ1) is 10.1. The average Bonchev–Trinajstić information content (AvgIpc) is 2.46. The lowest BCUT2D eigenvalue weighted by atomic mass is 9.97. The second-order valence-corrected chi connectivity index (χ2v) is 4.96. The molecule has 5 heteroatoms. The van der Waals surface area contributed by atoms with Gasteiger partial charge in [-0.05, 0) is 30.3 Å². The van der Waals surface area contributed by atoms with Crippen LogP contribution in [0.3, 0.4) is 0 Å². The Labute approximate surface area is 127 Å². The third-order valence-corrected chi connectivity index (χ3v) is 3.50. The summed E-state index contributed by atoms with van der Waals surface area (Å²) in [7, 11) is 1.52. The van der Waals surface area contributed by atoms with Gasteiger partial charge in [0.25, 0.3) is 0 Å². The molecule has 0 aliphatic carbocycles. The van der Waals surface area contributed by atoms with Crippen molar-refractivity contribution < 1.29 is 13.5 Å². The molecule has 21 heavy (non-hydrogen) atoms. The van der Waals surface area contributed by atoms with Gasteiger partial charge in [0.2, 0.25) is 0 Å². The fourth-order valence-corrected chi connectivity index (χ4v) is 2.40. The lowest BCUT2D eigenvalue weighted by molar-refractivity contribution is 0.413. The molecule has 2 rings (SSSR count). The first-order valence-electron chi connectivity index (χ1n) is 6.58. The Bertz CT molecular complexity index is 634. The van der Waals surface area contributed by atoms with Gasteiger partial charge >= 0.3 is 0 Å². The van der Waals surface area contributed by atoms with Gasteiger partial charge in [-0.25, -0.2) is 8.78 Å². The predicted octanol–water partition coefficient (Wildman–Crippen LogP) is 4.33. The van der Waals surface area contributed by atoms with E-state index < -0.39 is 17.7 Å². The summed E-state index contributed by atoms with van der Waals surface area (Å²) in [4.78, 5) is 0. The minimum Gasteiger partial charge on any atom is -0.495 e. The molecule has 0 fully saturated rings. The summed E-state index contributed by atoms with van der Waals surface area (Å²) in [6.07, 6.45) is 0. The number of hydrogen-bond acceptors (Lipinski definition) is 2. The van der Waals surface area contributed by atoms with Crippen LogP contribution in [-0.2, 0) is 0 Å². The zero-order valence-electron chi connectivity index (χ0n) is 11.8. The molecule has 1 atom stereocenters. The minimum atomic E-state index is -0.597. The molecule has 2 nitrogen and oxygen atoms in total. The van der Waals surface area contributed by atoms with Gasteiger partial charge in [0.1, 0.15) is 17.4 Å². The Balaban J connectivity index is 2.47. The van der Waals surface area contributed by atoms with Crippen molar-refractivity contribution >= 4 is 11.6 Å². The second kappa shape index (κ2) is 6.87. The summed E-state index contributed by atoms with van der Waals surface area (Å²) >= 11 is 6.01. The molecule has 0 radical (unpaired) electrons. The van der Waals surface area contributed by atoms with Crippen molar-refractivity contribution in [2.45, 2.75) is 13.0 Å². The monoisotopic (exact) mass is 311 g/mol. The normalized spacial score (nSPS) is 12.2. The quantitative estimate of drug-likeness (QED) is 0.887. The molecule has 2 aromatic carbocycles. The molecular weight excluding hydrogens is 296 g/mol. The van der Waals surface area contributed by atoms with Crippen molar-refractivity contribution in [3.05, 3.63) is 64.2 Å². The SMILES string of the molecule is CCNC(c1ccc(Cl)c(OC)c1)c1ccc(F)cc1F. The summed E-state index contributed by atoms with van der Waals surface area (Å²) in [5, 5.41) is 3.67. The van der Waals surface area contributed by atoms with E-state index in [0.29, 0.717) is 22.9 Å². The number of benzene rings is 2.